The average molecular weight is 239 g/mol. The Labute approximate surface area is 103 Å². The molecule has 1 aromatic rings. The molecule has 0 aromatic heterocycles. The van der Waals surface area contributed by atoms with Crippen LogP contribution in [0.5, 0.6) is 5.75 Å². The molecule has 2 N–H and O–H groups in total. The number of hydrogen-bond donors (Lipinski definition) is 1. The van der Waals surface area contributed by atoms with Crippen LogP contribution in [0.1, 0.15) is 32.3 Å². The summed E-state index contributed by atoms with van der Waals surface area (Å²) in [6, 6.07) is 4.85. The summed E-state index contributed by atoms with van der Waals surface area (Å²) in [5.74, 6) is 1.03. The number of methoxy groups -OCH3 is 1. The van der Waals surface area contributed by atoms with Crippen LogP contribution in [-0.2, 0) is 6.42 Å². The van der Waals surface area contributed by atoms with Gasteiger partial charge in [-0.05, 0) is 48.9 Å². The first-order chi connectivity index (χ1) is 8.04. The molecule has 1 aromatic carbocycles. The van der Waals surface area contributed by atoms with Crippen molar-refractivity contribution in [3.05, 3.63) is 29.6 Å². The monoisotopic (exact) mass is 239 g/mol. The largest absolute Gasteiger partial charge is 0.496 e. The number of halogens is 1. The van der Waals surface area contributed by atoms with Gasteiger partial charge >= 0.3 is 0 Å². The SMILES string of the molecule is COc1ccc(F)cc1CCCC(N)C(C)C. The quantitative estimate of drug-likeness (QED) is 0.827. The highest BCUT2D eigenvalue weighted by Gasteiger charge is 2.09. The van der Waals surface area contributed by atoms with Crippen molar-refractivity contribution < 1.29 is 9.13 Å². The number of aryl methyl sites for hydroxylation is 1. The van der Waals surface area contributed by atoms with E-state index in [0.717, 1.165) is 30.6 Å². The molecule has 2 nitrogen and oxygen atoms in total. The summed E-state index contributed by atoms with van der Waals surface area (Å²) in [6.07, 6.45) is 2.72. The van der Waals surface area contributed by atoms with Crippen LogP contribution in [0, 0.1) is 11.7 Å². The Bertz CT molecular complexity index is 352. The van der Waals surface area contributed by atoms with Crippen molar-refractivity contribution in [3.8, 4) is 5.75 Å². The predicted octanol–water partition coefficient (Wildman–Crippen LogP) is 3.14. The third-order valence-corrected chi connectivity index (χ3v) is 3.08. The van der Waals surface area contributed by atoms with E-state index in [1.54, 1.807) is 19.2 Å². The minimum Gasteiger partial charge on any atom is -0.496 e. The fourth-order valence-corrected chi connectivity index (χ4v) is 1.80. The molecule has 0 radical (unpaired) electrons. The van der Waals surface area contributed by atoms with Crippen molar-refractivity contribution in [2.45, 2.75) is 39.2 Å². The summed E-state index contributed by atoms with van der Waals surface area (Å²) in [5, 5.41) is 0. The molecule has 1 unspecified atom stereocenters. The highest BCUT2D eigenvalue weighted by atomic mass is 19.1. The van der Waals surface area contributed by atoms with E-state index in [1.165, 1.54) is 6.07 Å². The molecule has 0 saturated carbocycles. The second kappa shape index (κ2) is 6.60. The number of rotatable bonds is 6. The number of benzene rings is 1. The molecule has 0 heterocycles. The maximum atomic E-state index is 13.1. The summed E-state index contributed by atoms with van der Waals surface area (Å²) in [7, 11) is 1.61. The first-order valence-corrected chi connectivity index (χ1v) is 6.12. The zero-order valence-electron chi connectivity index (χ0n) is 10.9. The summed E-state index contributed by atoms with van der Waals surface area (Å²) in [6.45, 7) is 4.24. The topological polar surface area (TPSA) is 35.2 Å². The Balaban J connectivity index is 2.53. The highest BCUT2D eigenvalue weighted by molar-refractivity contribution is 5.33. The van der Waals surface area contributed by atoms with Crippen molar-refractivity contribution in [3.63, 3.8) is 0 Å². The fraction of sp³-hybridized carbons (Fsp3) is 0.571. The maximum Gasteiger partial charge on any atom is 0.123 e. The summed E-state index contributed by atoms with van der Waals surface area (Å²) in [5.41, 5.74) is 6.90. The van der Waals surface area contributed by atoms with Crippen LogP contribution < -0.4 is 10.5 Å². The van der Waals surface area contributed by atoms with Gasteiger partial charge in [0.05, 0.1) is 7.11 Å². The number of nitrogens with two attached hydrogens (primary N) is 1. The molecular weight excluding hydrogens is 217 g/mol. The van der Waals surface area contributed by atoms with Gasteiger partial charge in [0.1, 0.15) is 11.6 Å². The third-order valence-electron chi connectivity index (χ3n) is 3.08. The molecule has 0 aliphatic heterocycles. The second-order valence-electron chi connectivity index (χ2n) is 4.76. The molecule has 3 heteroatoms. The van der Waals surface area contributed by atoms with E-state index in [2.05, 4.69) is 13.8 Å². The van der Waals surface area contributed by atoms with E-state index in [1.807, 2.05) is 0 Å². The maximum absolute atomic E-state index is 13.1. The number of ether oxygens (including phenoxy) is 1. The lowest BCUT2D eigenvalue weighted by molar-refractivity contribution is 0.405. The van der Waals surface area contributed by atoms with Gasteiger partial charge in [0.25, 0.3) is 0 Å². The van der Waals surface area contributed by atoms with E-state index in [9.17, 15) is 4.39 Å². The third kappa shape index (κ3) is 4.35. The van der Waals surface area contributed by atoms with Crippen LogP contribution in [0.3, 0.4) is 0 Å². The second-order valence-corrected chi connectivity index (χ2v) is 4.76. The van der Waals surface area contributed by atoms with Crippen LogP contribution in [0.2, 0.25) is 0 Å². The van der Waals surface area contributed by atoms with Crippen LogP contribution in [-0.4, -0.2) is 13.2 Å². The Kier molecular flexibility index (Phi) is 5.42. The van der Waals surface area contributed by atoms with E-state index in [4.69, 9.17) is 10.5 Å². The lowest BCUT2D eigenvalue weighted by Gasteiger charge is -2.15. The van der Waals surface area contributed by atoms with Crippen molar-refractivity contribution in [1.82, 2.24) is 0 Å². The minimum absolute atomic E-state index is 0.214. The minimum atomic E-state index is -0.214. The molecule has 96 valence electrons. The van der Waals surface area contributed by atoms with Gasteiger partial charge < -0.3 is 10.5 Å². The van der Waals surface area contributed by atoms with Crippen LogP contribution in [0.4, 0.5) is 4.39 Å². The van der Waals surface area contributed by atoms with Gasteiger partial charge in [0.15, 0.2) is 0 Å². The van der Waals surface area contributed by atoms with Crippen molar-refractivity contribution >= 4 is 0 Å². The molecule has 1 rings (SSSR count). The molecular formula is C14H22FNO. The van der Waals surface area contributed by atoms with Gasteiger partial charge in [-0.25, -0.2) is 4.39 Å². The molecule has 0 saturated heterocycles. The van der Waals surface area contributed by atoms with E-state index < -0.39 is 0 Å². The molecule has 0 amide bonds. The predicted molar refractivity (Wildman–Crippen MR) is 68.7 cm³/mol. The van der Waals surface area contributed by atoms with Crippen LogP contribution >= 0.6 is 0 Å². The normalized spacial score (nSPS) is 12.8. The lowest BCUT2D eigenvalue weighted by Crippen LogP contribution is -2.26. The Morgan fingerprint density at radius 3 is 2.65 bits per heavy atom. The molecule has 0 aliphatic rings. The molecule has 0 bridgehead atoms. The van der Waals surface area contributed by atoms with E-state index in [0.29, 0.717) is 5.92 Å². The lowest BCUT2D eigenvalue weighted by atomic mass is 9.97. The van der Waals surface area contributed by atoms with Gasteiger partial charge in [-0.2, -0.15) is 0 Å². The van der Waals surface area contributed by atoms with Crippen molar-refractivity contribution in [1.29, 1.82) is 0 Å². The Morgan fingerprint density at radius 2 is 2.06 bits per heavy atom. The van der Waals surface area contributed by atoms with Gasteiger partial charge in [-0.3, -0.25) is 0 Å². The first kappa shape index (κ1) is 14.0. The smallest absolute Gasteiger partial charge is 0.123 e. The van der Waals surface area contributed by atoms with Crippen LogP contribution in [0.25, 0.3) is 0 Å². The van der Waals surface area contributed by atoms with Gasteiger partial charge in [0.2, 0.25) is 0 Å². The molecule has 0 spiro atoms. The molecule has 17 heavy (non-hydrogen) atoms. The molecule has 0 fully saturated rings. The van der Waals surface area contributed by atoms with E-state index in [-0.39, 0.29) is 11.9 Å². The fourth-order valence-electron chi connectivity index (χ4n) is 1.80. The van der Waals surface area contributed by atoms with Gasteiger partial charge in [0, 0.05) is 6.04 Å². The van der Waals surface area contributed by atoms with Gasteiger partial charge in [-0.15, -0.1) is 0 Å². The standard InChI is InChI=1S/C14H22FNO/c1-10(2)13(16)6-4-5-11-9-12(15)7-8-14(11)17-3/h7-10,13H,4-6,16H2,1-3H3. The van der Waals surface area contributed by atoms with Crippen molar-refractivity contribution in [2.24, 2.45) is 11.7 Å². The molecule has 1 atom stereocenters. The summed E-state index contributed by atoms with van der Waals surface area (Å²) in [4.78, 5) is 0. The number of hydrogen-bond acceptors (Lipinski definition) is 2. The zero-order valence-corrected chi connectivity index (χ0v) is 10.9. The first-order valence-electron chi connectivity index (χ1n) is 6.12. The van der Waals surface area contributed by atoms with Crippen LogP contribution in [0.15, 0.2) is 18.2 Å². The Hall–Kier alpha value is -1.09. The van der Waals surface area contributed by atoms with E-state index >= 15 is 0 Å². The van der Waals surface area contributed by atoms with Gasteiger partial charge in [-0.1, -0.05) is 13.8 Å². The summed E-state index contributed by atoms with van der Waals surface area (Å²) >= 11 is 0. The highest BCUT2D eigenvalue weighted by Crippen LogP contribution is 2.21. The summed E-state index contributed by atoms with van der Waals surface area (Å²) < 4.78 is 18.3. The Morgan fingerprint density at radius 1 is 1.35 bits per heavy atom. The average Bonchev–Trinajstić information content (AvgIpc) is 2.29. The molecule has 0 aliphatic carbocycles. The van der Waals surface area contributed by atoms with Crippen molar-refractivity contribution in [2.75, 3.05) is 7.11 Å². The zero-order chi connectivity index (χ0) is 12.8.